The Hall–Kier alpha value is -1.82. The lowest BCUT2D eigenvalue weighted by molar-refractivity contribution is -0.136. The SMILES string of the molecule is N#Cc1ccc(CC(=O)N2CCCC3CCCCC32)cc1. The van der Waals surface area contributed by atoms with Gasteiger partial charge in [0.1, 0.15) is 0 Å². The van der Waals surface area contributed by atoms with Crippen LogP contribution in [0.3, 0.4) is 0 Å². The average molecular weight is 282 g/mol. The van der Waals surface area contributed by atoms with E-state index >= 15 is 0 Å². The molecule has 2 aliphatic rings. The van der Waals surface area contributed by atoms with E-state index in [1.54, 1.807) is 12.1 Å². The van der Waals surface area contributed by atoms with Crippen LogP contribution in [0.25, 0.3) is 0 Å². The number of carbonyl (C=O) groups is 1. The maximum Gasteiger partial charge on any atom is 0.227 e. The zero-order valence-corrected chi connectivity index (χ0v) is 12.4. The standard InChI is InChI=1S/C18H22N2O/c19-13-15-9-7-14(8-10-15)12-18(21)20-11-3-5-16-4-1-2-6-17(16)20/h7-10,16-17H,1-6,11-12H2. The average Bonchev–Trinajstić information content (AvgIpc) is 2.55. The number of nitriles is 1. The smallest absolute Gasteiger partial charge is 0.227 e. The summed E-state index contributed by atoms with van der Waals surface area (Å²) in [4.78, 5) is 14.8. The predicted octanol–water partition coefficient (Wildman–Crippen LogP) is 3.28. The van der Waals surface area contributed by atoms with E-state index in [0.29, 0.717) is 18.0 Å². The number of amides is 1. The van der Waals surface area contributed by atoms with Crippen molar-refractivity contribution in [3.05, 3.63) is 35.4 Å². The van der Waals surface area contributed by atoms with Crippen LogP contribution >= 0.6 is 0 Å². The molecular formula is C18H22N2O. The normalized spacial score (nSPS) is 25.0. The summed E-state index contributed by atoms with van der Waals surface area (Å²) in [6, 6.07) is 9.99. The van der Waals surface area contributed by atoms with Crippen molar-refractivity contribution in [2.75, 3.05) is 6.54 Å². The van der Waals surface area contributed by atoms with Gasteiger partial charge in [-0.25, -0.2) is 0 Å². The van der Waals surface area contributed by atoms with Crippen molar-refractivity contribution in [1.82, 2.24) is 4.90 Å². The van der Waals surface area contributed by atoms with Crippen LogP contribution in [-0.4, -0.2) is 23.4 Å². The summed E-state index contributed by atoms with van der Waals surface area (Å²) in [7, 11) is 0. The first-order chi connectivity index (χ1) is 10.3. The molecular weight excluding hydrogens is 260 g/mol. The Kier molecular flexibility index (Phi) is 4.24. The molecule has 0 N–H and O–H groups in total. The summed E-state index contributed by atoms with van der Waals surface area (Å²) in [5.74, 6) is 0.994. The third kappa shape index (κ3) is 3.10. The van der Waals surface area contributed by atoms with Crippen molar-refractivity contribution in [1.29, 1.82) is 5.26 Å². The fraction of sp³-hybridized carbons (Fsp3) is 0.556. The van der Waals surface area contributed by atoms with E-state index in [-0.39, 0.29) is 5.91 Å². The largest absolute Gasteiger partial charge is 0.339 e. The minimum Gasteiger partial charge on any atom is -0.339 e. The lowest BCUT2D eigenvalue weighted by Gasteiger charge is -2.44. The van der Waals surface area contributed by atoms with Crippen molar-refractivity contribution in [3.8, 4) is 6.07 Å². The van der Waals surface area contributed by atoms with Gasteiger partial charge < -0.3 is 4.90 Å². The summed E-state index contributed by atoms with van der Waals surface area (Å²) in [5.41, 5.74) is 1.66. The minimum absolute atomic E-state index is 0.260. The molecule has 0 aromatic heterocycles. The van der Waals surface area contributed by atoms with Gasteiger partial charge in [0.15, 0.2) is 0 Å². The molecule has 1 saturated carbocycles. The van der Waals surface area contributed by atoms with Gasteiger partial charge in [-0.2, -0.15) is 5.26 Å². The van der Waals surface area contributed by atoms with Crippen molar-refractivity contribution in [3.63, 3.8) is 0 Å². The quantitative estimate of drug-likeness (QED) is 0.835. The molecule has 1 heterocycles. The highest BCUT2D eigenvalue weighted by Gasteiger charge is 2.35. The lowest BCUT2D eigenvalue weighted by atomic mass is 9.78. The highest BCUT2D eigenvalue weighted by molar-refractivity contribution is 5.79. The Labute approximate surface area is 126 Å². The molecule has 0 bridgehead atoms. The third-order valence-corrected chi connectivity index (χ3v) is 5.00. The molecule has 3 heteroatoms. The first-order valence-corrected chi connectivity index (χ1v) is 8.06. The fourth-order valence-electron chi connectivity index (χ4n) is 3.91. The zero-order chi connectivity index (χ0) is 14.7. The Balaban J connectivity index is 1.67. The Bertz CT molecular complexity index is 541. The number of likely N-dealkylation sites (tertiary alicyclic amines) is 1. The van der Waals surface area contributed by atoms with Gasteiger partial charge in [0, 0.05) is 12.6 Å². The van der Waals surface area contributed by atoms with Crippen LogP contribution in [-0.2, 0) is 11.2 Å². The molecule has 1 aliphatic carbocycles. The summed E-state index contributed by atoms with van der Waals surface area (Å²) in [6.45, 7) is 0.927. The van der Waals surface area contributed by atoms with E-state index < -0.39 is 0 Å². The number of carbonyl (C=O) groups excluding carboxylic acids is 1. The van der Waals surface area contributed by atoms with Crippen LogP contribution in [0.15, 0.2) is 24.3 Å². The molecule has 2 fully saturated rings. The molecule has 3 rings (SSSR count). The summed E-state index contributed by atoms with van der Waals surface area (Å²) in [6.07, 6.45) is 8.00. The molecule has 3 nitrogen and oxygen atoms in total. The second kappa shape index (κ2) is 6.30. The summed E-state index contributed by atoms with van der Waals surface area (Å²) >= 11 is 0. The second-order valence-corrected chi connectivity index (χ2v) is 6.33. The van der Waals surface area contributed by atoms with Crippen LogP contribution in [0.1, 0.15) is 49.7 Å². The molecule has 1 aliphatic heterocycles. The van der Waals surface area contributed by atoms with Gasteiger partial charge in [0.2, 0.25) is 5.91 Å². The number of rotatable bonds is 2. The molecule has 0 radical (unpaired) electrons. The maximum atomic E-state index is 12.6. The van der Waals surface area contributed by atoms with E-state index in [1.807, 2.05) is 12.1 Å². The molecule has 110 valence electrons. The Morgan fingerprint density at radius 1 is 1.14 bits per heavy atom. The van der Waals surface area contributed by atoms with Crippen LogP contribution < -0.4 is 0 Å². The highest BCUT2D eigenvalue weighted by atomic mass is 16.2. The molecule has 1 aromatic carbocycles. The van der Waals surface area contributed by atoms with Crippen molar-refractivity contribution < 1.29 is 4.79 Å². The molecule has 1 amide bonds. The van der Waals surface area contributed by atoms with E-state index in [4.69, 9.17) is 5.26 Å². The lowest BCUT2D eigenvalue weighted by Crippen LogP contribution is -2.50. The number of fused-ring (bicyclic) bond motifs is 1. The van der Waals surface area contributed by atoms with E-state index in [9.17, 15) is 4.79 Å². The van der Waals surface area contributed by atoms with Crippen LogP contribution in [0.4, 0.5) is 0 Å². The highest BCUT2D eigenvalue weighted by Crippen LogP contribution is 2.35. The first kappa shape index (κ1) is 14.1. The number of nitrogens with zero attached hydrogens (tertiary/aromatic N) is 2. The van der Waals surface area contributed by atoms with Crippen LogP contribution in [0.2, 0.25) is 0 Å². The van der Waals surface area contributed by atoms with Gasteiger partial charge >= 0.3 is 0 Å². The summed E-state index contributed by atoms with van der Waals surface area (Å²) in [5, 5.41) is 8.82. The van der Waals surface area contributed by atoms with Crippen molar-refractivity contribution in [2.24, 2.45) is 5.92 Å². The van der Waals surface area contributed by atoms with Gasteiger partial charge in [-0.05, 0) is 49.3 Å². The monoisotopic (exact) mass is 282 g/mol. The number of hydrogen-bond donors (Lipinski definition) is 0. The molecule has 1 aromatic rings. The van der Waals surface area contributed by atoms with Gasteiger partial charge in [-0.3, -0.25) is 4.79 Å². The number of hydrogen-bond acceptors (Lipinski definition) is 2. The van der Waals surface area contributed by atoms with Gasteiger partial charge in [0.05, 0.1) is 18.1 Å². The number of piperidine rings is 1. The zero-order valence-electron chi connectivity index (χ0n) is 12.4. The Morgan fingerprint density at radius 2 is 1.86 bits per heavy atom. The predicted molar refractivity (Wildman–Crippen MR) is 81.6 cm³/mol. The van der Waals surface area contributed by atoms with Crippen molar-refractivity contribution in [2.45, 2.75) is 51.0 Å². The number of benzene rings is 1. The van der Waals surface area contributed by atoms with Crippen LogP contribution in [0.5, 0.6) is 0 Å². The third-order valence-electron chi connectivity index (χ3n) is 5.00. The van der Waals surface area contributed by atoms with E-state index in [1.165, 1.54) is 32.1 Å². The molecule has 1 saturated heterocycles. The fourth-order valence-corrected chi connectivity index (χ4v) is 3.91. The molecule has 21 heavy (non-hydrogen) atoms. The molecule has 0 spiro atoms. The van der Waals surface area contributed by atoms with Crippen molar-refractivity contribution >= 4 is 5.91 Å². The minimum atomic E-state index is 0.260. The topological polar surface area (TPSA) is 44.1 Å². The first-order valence-electron chi connectivity index (χ1n) is 8.06. The van der Waals surface area contributed by atoms with Gasteiger partial charge in [0.25, 0.3) is 0 Å². The second-order valence-electron chi connectivity index (χ2n) is 6.33. The van der Waals surface area contributed by atoms with E-state index in [0.717, 1.165) is 24.4 Å². The Morgan fingerprint density at radius 3 is 2.62 bits per heavy atom. The molecule has 2 unspecified atom stereocenters. The van der Waals surface area contributed by atoms with Crippen LogP contribution in [0, 0.1) is 17.2 Å². The summed E-state index contributed by atoms with van der Waals surface area (Å²) < 4.78 is 0. The molecule has 2 atom stereocenters. The van der Waals surface area contributed by atoms with Gasteiger partial charge in [-0.1, -0.05) is 25.0 Å². The van der Waals surface area contributed by atoms with E-state index in [2.05, 4.69) is 11.0 Å². The maximum absolute atomic E-state index is 12.6. The van der Waals surface area contributed by atoms with Gasteiger partial charge in [-0.15, -0.1) is 0 Å².